The lowest BCUT2D eigenvalue weighted by atomic mass is 10.1. The van der Waals surface area contributed by atoms with E-state index in [1.54, 1.807) is 29.2 Å². The van der Waals surface area contributed by atoms with Crippen LogP contribution in [0.25, 0.3) is 0 Å². The molecule has 0 aliphatic rings. The van der Waals surface area contributed by atoms with Gasteiger partial charge in [0, 0.05) is 17.3 Å². The third-order valence-electron chi connectivity index (χ3n) is 3.45. The van der Waals surface area contributed by atoms with Crippen LogP contribution in [0.5, 0.6) is 0 Å². The molecule has 0 aromatic heterocycles. The molecular formula is C19H21NO3. The lowest BCUT2D eigenvalue weighted by Gasteiger charge is -2.26. The highest BCUT2D eigenvalue weighted by molar-refractivity contribution is 5.96. The van der Waals surface area contributed by atoms with Gasteiger partial charge in [-0.1, -0.05) is 42.5 Å². The van der Waals surface area contributed by atoms with Gasteiger partial charge in [-0.25, -0.2) is 4.79 Å². The molecule has 0 aliphatic heterocycles. The van der Waals surface area contributed by atoms with Gasteiger partial charge in [0.05, 0.1) is 0 Å². The zero-order valence-electron chi connectivity index (χ0n) is 13.7. The quantitative estimate of drug-likeness (QED) is 0.767. The monoisotopic (exact) mass is 311 g/mol. The van der Waals surface area contributed by atoms with Crippen molar-refractivity contribution in [2.24, 2.45) is 0 Å². The van der Waals surface area contributed by atoms with Crippen LogP contribution in [0.3, 0.4) is 0 Å². The van der Waals surface area contributed by atoms with Gasteiger partial charge in [-0.2, -0.15) is 0 Å². The molecule has 0 saturated carbocycles. The van der Waals surface area contributed by atoms with Gasteiger partial charge in [0.25, 0.3) is 0 Å². The van der Waals surface area contributed by atoms with E-state index in [0.717, 1.165) is 5.56 Å². The normalized spacial score (nSPS) is 10.4. The Hall–Kier alpha value is -2.62. The number of amides is 1. The third kappa shape index (κ3) is 4.42. The van der Waals surface area contributed by atoms with Crippen molar-refractivity contribution in [1.82, 2.24) is 0 Å². The highest BCUT2D eigenvalue weighted by Crippen LogP contribution is 2.20. The molecule has 2 rings (SSSR count). The van der Waals surface area contributed by atoms with Crippen LogP contribution in [0.15, 0.2) is 54.6 Å². The molecule has 120 valence electrons. The highest BCUT2D eigenvalue weighted by atomic mass is 16.6. The summed E-state index contributed by atoms with van der Waals surface area (Å²) < 4.78 is 5.41. The summed E-state index contributed by atoms with van der Waals surface area (Å²) in [5, 5.41) is 0. The van der Waals surface area contributed by atoms with Crippen LogP contribution in [0.2, 0.25) is 0 Å². The Bertz CT molecular complexity index is 680. The number of Topliss-reactive ketones (excluding diaryl/α,β-unsaturated/α-hetero) is 1. The Morgan fingerprint density at radius 1 is 1.04 bits per heavy atom. The van der Waals surface area contributed by atoms with E-state index < -0.39 is 6.09 Å². The molecule has 1 amide bonds. The Morgan fingerprint density at radius 3 is 2.35 bits per heavy atom. The van der Waals surface area contributed by atoms with E-state index >= 15 is 0 Å². The maximum atomic E-state index is 12.5. The fourth-order valence-corrected chi connectivity index (χ4v) is 2.28. The third-order valence-corrected chi connectivity index (χ3v) is 3.45. The van der Waals surface area contributed by atoms with Crippen LogP contribution >= 0.6 is 0 Å². The molecule has 2 aromatic rings. The zero-order chi connectivity index (χ0) is 16.8. The molecule has 4 heteroatoms. The maximum absolute atomic E-state index is 12.5. The number of hydrogen-bond donors (Lipinski definition) is 0. The molecule has 0 atom stereocenters. The average molecular weight is 311 g/mol. The Kier molecular flexibility index (Phi) is 5.52. The fraction of sp³-hybridized carbons (Fsp3) is 0.263. The maximum Gasteiger partial charge on any atom is 0.414 e. The molecule has 0 aliphatic carbocycles. The summed E-state index contributed by atoms with van der Waals surface area (Å²) in [6.45, 7) is 5.54. The van der Waals surface area contributed by atoms with Crippen molar-refractivity contribution < 1.29 is 14.3 Å². The first kappa shape index (κ1) is 16.7. The van der Waals surface area contributed by atoms with E-state index in [4.69, 9.17) is 4.74 Å². The van der Waals surface area contributed by atoms with Crippen molar-refractivity contribution in [2.75, 3.05) is 4.90 Å². The van der Waals surface area contributed by atoms with Crippen molar-refractivity contribution in [2.45, 2.75) is 33.4 Å². The molecule has 0 N–H and O–H groups in total. The summed E-state index contributed by atoms with van der Waals surface area (Å²) in [4.78, 5) is 25.5. The number of carbonyl (C=O) groups excluding carboxylic acids is 2. The number of ether oxygens (including phenoxy) is 1. The minimum absolute atomic E-state index is 0.0341. The smallest absolute Gasteiger partial charge is 0.414 e. The molecular weight excluding hydrogens is 290 g/mol. The Labute approximate surface area is 136 Å². The summed E-state index contributed by atoms with van der Waals surface area (Å²) in [6.07, 6.45) is -0.426. The highest BCUT2D eigenvalue weighted by Gasteiger charge is 2.21. The number of nitrogens with zero attached hydrogens (tertiary/aromatic N) is 1. The number of hydrogen-bond acceptors (Lipinski definition) is 3. The second-order valence-corrected chi connectivity index (χ2v) is 5.61. The summed E-state index contributed by atoms with van der Waals surface area (Å²) in [5.74, 6) is -0.0341. The molecule has 0 unspecified atom stereocenters. The van der Waals surface area contributed by atoms with Gasteiger partial charge in [-0.3, -0.25) is 9.69 Å². The molecule has 0 saturated heterocycles. The van der Waals surface area contributed by atoms with E-state index in [9.17, 15) is 9.59 Å². The van der Waals surface area contributed by atoms with Crippen molar-refractivity contribution in [3.63, 3.8) is 0 Å². The Balaban J connectivity index is 2.16. The molecule has 23 heavy (non-hydrogen) atoms. The number of ketones is 1. The van der Waals surface area contributed by atoms with Gasteiger partial charge in [0.1, 0.15) is 6.61 Å². The van der Waals surface area contributed by atoms with Crippen molar-refractivity contribution in [3.8, 4) is 0 Å². The standard InChI is InChI=1S/C19H21NO3/c1-14(2)20(18-11-7-10-17(12-18)15(3)21)19(22)23-13-16-8-5-4-6-9-16/h4-12,14H,13H2,1-3H3. The van der Waals surface area contributed by atoms with Gasteiger partial charge in [0.2, 0.25) is 0 Å². The predicted octanol–water partition coefficient (Wildman–Crippen LogP) is 4.44. The predicted molar refractivity (Wildman–Crippen MR) is 90.7 cm³/mol. The lowest BCUT2D eigenvalue weighted by molar-refractivity contribution is 0.101. The van der Waals surface area contributed by atoms with Gasteiger partial charge >= 0.3 is 6.09 Å². The topological polar surface area (TPSA) is 46.6 Å². The van der Waals surface area contributed by atoms with Crippen LogP contribution in [0.4, 0.5) is 10.5 Å². The summed E-state index contributed by atoms with van der Waals surface area (Å²) in [7, 11) is 0. The Morgan fingerprint density at radius 2 is 1.74 bits per heavy atom. The van der Waals surface area contributed by atoms with Crippen LogP contribution in [-0.2, 0) is 11.3 Å². The fourth-order valence-electron chi connectivity index (χ4n) is 2.28. The molecule has 0 bridgehead atoms. The number of benzene rings is 2. The molecule has 4 nitrogen and oxygen atoms in total. The van der Waals surface area contributed by atoms with Crippen LogP contribution < -0.4 is 4.90 Å². The second-order valence-electron chi connectivity index (χ2n) is 5.61. The lowest BCUT2D eigenvalue weighted by Crippen LogP contribution is -2.37. The van der Waals surface area contributed by atoms with E-state index in [2.05, 4.69) is 0 Å². The van der Waals surface area contributed by atoms with Crippen LogP contribution in [-0.4, -0.2) is 17.9 Å². The molecule has 2 aromatic carbocycles. The first-order chi connectivity index (χ1) is 11.0. The van der Waals surface area contributed by atoms with Crippen LogP contribution in [0, 0.1) is 0 Å². The summed E-state index contributed by atoms with van der Waals surface area (Å²) in [6, 6.07) is 16.5. The van der Waals surface area contributed by atoms with Crippen molar-refractivity contribution in [1.29, 1.82) is 0 Å². The van der Waals surface area contributed by atoms with Crippen molar-refractivity contribution in [3.05, 3.63) is 65.7 Å². The second kappa shape index (κ2) is 7.58. The van der Waals surface area contributed by atoms with Gasteiger partial charge in [0.15, 0.2) is 5.78 Å². The van der Waals surface area contributed by atoms with Gasteiger partial charge < -0.3 is 4.74 Å². The largest absolute Gasteiger partial charge is 0.444 e. The SMILES string of the molecule is CC(=O)c1cccc(N(C(=O)OCc2ccccc2)C(C)C)c1. The molecule has 0 spiro atoms. The number of carbonyl (C=O) groups is 2. The minimum atomic E-state index is -0.426. The number of anilines is 1. The molecule has 0 heterocycles. The van der Waals surface area contributed by atoms with E-state index in [1.165, 1.54) is 6.92 Å². The first-order valence-electron chi connectivity index (χ1n) is 7.60. The average Bonchev–Trinajstić information content (AvgIpc) is 2.54. The van der Waals surface area contributed by atoms with Crippen LogP contribution in [0.1, 0.15) is 36.7 Å². The van der Waals surface area contributed by atoms with Gasteiger partial charge in [-0.05, 0) is 38.5 Å². The van der Waals surface area contributed by atoms with E-state index in [1.807, 2.05) is 44.2 Å². The summed E-state index contributed by atoms with van der Waals surface area (Å²) in [5.41, 5.74) is 2.16. The van der Waals surface area contributed by atoms with E-state index in [0.29, 0.717) is 11.3 Å². The van der Waals surface area contributed by atoms with Gasteiger partial charge in [-0.15, -0.1) is 0 Å². The number of rotatable bonds is 5. The summed E-state index contributed by atoms with van der Waals surface area (Å²) >= 11 is 0. The van der Waals surface area contributed by atoms with Crippen molar-refractivity contribution >= 4 is 17.6 Å². The molecule has 0 radical (unpaired) electrons. The van der Waals surface area contributed by atoms with E-state index in [-0.39, 0.29) is 18.4 Å². The zero-order valence-corrected chi connectivity index (χ0v) is 13.7. The molecule has 0 fully saturated rings. The minimum Gasteiger partial charge on any atom is -0.444 e. The first-order valence-corrected chi connectivity index (χ1v) is 7.60.